The van der Waals surface area contributed by atoms with Gasteiger partial charge in [-0.3, -0.25) is 9.20 Å². The Morgan fingerprint density at radius 1 is 1.00 bits per heavy atom. The Balaban J connectivity index is 1.45. The Bertz CT molecular complexity index is 1230. The Labute approximate surface area is 179 Å². The first-order chi connectivity index (χ1) is 15.2. The van der Waals surface area contributed by atoms with Gasteiger partial charge in [0.1, 0.15) is 17.8 Å². The summed E-state index contributed by atoms with van der Waals surface area (Å²) in [7, 11) is 0. The molecule has 0 atom stereocenters. The van der Waals surface area contributed by atoms with Gasteiger partial charge >= 0.3 is 0 Å². The van der Waals surface area contributed by atoms with Gasteiger partial charge in [-0.25, -0.2) is 24.9 Å². The van der Waals surface area contributed by atoms with E-state index in [1.807, 2.05) is 42.0 Å². The van der Waals surface area contributed by atoms with E-state index in [2.05, 4.69) is 30.6 Å². The van der Waals surface area contributed by atoms with Crippen molar-refractivity contribution in [3.05, 3.63) is 55.0 Å². The highest BCUT2D eigenvalue weighted by Gasteiger charge is 2.20. The van der Waals surface area contributed by atoms with Crippen molar-refractivity contribution in [3.63, 3.8) is 0 Å². The van der Waals surface area contributed by atoms with Crippen molar-refractivity contribution in [1.29, 1.82) is 0 Å². The molecule has 1 fully saturated rings. The van der Waals surface area contributed by atoms with Crippen LogP contribution in [0.5, 0.6) is 0 Å². The molecule has 2 N–H and O–H groups in total. The van der Waals surface area contributed by atoms with Gasteiger partial charge in [-0.05, 0) is 37.5 Å². The van der Waals surface area contributed by atoms with E-state index in [9.17, 15) is 4.79 Å². The van der Waals surface area contributed by atoms with Crippen molar-refractivity contribution < 1.29 is 4.79 Å². The number of Topliss-reactive ketones (excluding diaryl/α,β-unsaturated/α-hetero) is 1. The number of ketones is 1. The molecule has 9 heteroatoms. The van der Waals surface area contributed by atoms with Crippen LogP contribution in [0.4, 0.5) is 17.3 Å². The summed E-state index contributed by atoms with van der Waals surface area (Å²) in [6, 6.07) is 4.13. The molecule has 1 aliphatic carbocycles. The molecule has 5 rings (SSSR count). The van der Waals surface area contributed by atoms with E-state index in [-0.39, 0.29) is 6.04 Å². The van der Waals surface area contributed by atoms with E-state index in [0.717, 1.165) is 46.8 Å². The second-order valence-electron chi connectivity index (χ2n) is 7.72. The molecule has 0 bridgehead atoms. The average molecular weight is 414 g/mol. The molecular formula is C22H22N8O. The lowest BCUT2D eigenvalue weighted by Gasteiger charge is -2.22. The van der Waals surface area contributed by atoms with Gasteiger partial charge in [-0.1, -0.05) is 0 Å². The number of anilines is 3. The maximum absolute atomic E-state index is 11.5. The van der Waals surface area contributed by atoms with Gasteiger partial charge in [0.25, 0.3) is 0 Å². The van der Waals surface area contributed by atoms with Crippen LogP contribution in [0.15, 0.2) is 49.4 Å². The van der Waals surface area contributed by atoms with Crippen LogP contribution in [-0.2, 0) is 4.79 Å². The molecule has 1 aliphatic rings. The van der Waals surface area contributed by atoms with Crippen LogP contribution >= 0.6 is 0 Å². The van der Waals surface area contributed by atoms with Gasteiger partial charge in [-0.2, -0.15) is 0 Å². The smallest absolute Gasteiger partial charge is 0.223 e. The van der Waals surface area contributed by atoms with Crippen LogP contribution in [0.25, 0.3) is 17.0 Å². The zero-order valence-corrected chi connectivity index (χ0v) is 17.1. The number of aromatic nitrogens is 6. The number of aryl methyl sites for hydroxylation is 1. The van der Waals surface area contributed by atoms with Gasteiger partial charge in [0.2, 0.25) is 5.95 Å². The number of nitrogens with zero attached hydrogens (tertiary/aromatic N) is 6. The van der Waals surface area contributed by atoms with Crippen LogP contribution in [0, 0.1) is 6.92 Å². The second-order valence-corrected chi connectivity index (χ2v) is 7.72. The monoisotopic (exact) mass is 414 g/mol. The largest absolute Gasteiger partial charge is 0.352 e. The number of carbonyl (C=O) groups excluding carboxylic acids is 1. The Morgan fingerprint density at radius 2 is 1.81 bits per heavy atom. The maximum Gasteiger partial charge on any atom is 0.223 e. The highest BCUT2D eigenvalue weighted by atomic mass is 16.1. The number of hydrogen-bond donors (Lipinski definition) is 2. The minimum Gasteiger partial charge on any atom is -0.352 e. The topological polar surface area (TPSA) is 110 Å². The van der Waals surface area contributed by atoms with Crippen molar-refractivity contribution in [2.45, 2.75) is 38.6 Å². The molecule has 0 radical (unpaired) electrons. The molecule has 9 nitrogen and oxygen atoms in total. The Kier molecular flexibility index (Phi) is 4.99. The van der Waals surface area contributed by atoms with Crippen LogP contribution in [0.3, 0.4) is 0 Å². The third kappa shape index (κ3) is 4.07. The first kappa shape index (κ1) is 19.1. The van der Waals surface area contributed by atoms with E-state index in [1.165, 1.54) is 6.33 Å². The minimum atomic E-state index is 0.222. The third-order valence-corrected chi connectivity index (χ3v) is 5.45. The third-order valence-electron chi connectivity index (χ3n) is 5.45. The minimum absolute atomic E-state index is 0.222. The normalized spacial score (nSPS) is 14.7. The number of pyridine rings is 1. The summed E-state index contributed by atoms with van der Waals surface area (Å²) in [6.45, 7) is 1.99. The Morgan fingerprint density at radius 3 is 2.61 bits per heavy atom. The summed E-state index contributed by atoms with van der Waals surface area (Å²) in [5.74, 6) is 0.909. The summed E-state index contributed by atoms with van der Waals surface area (Å²) in [5.41, 5.74) is 5.17. The van der Waals surface area contributed by atoms with Crippen molar-refractivity contribution in [1.82, 2.24) is 29.3 Å². The molecule has 0 aromatic carbocycles. The maximum atomic E-state index is 11.5. The van der Waals surface area contributed by atoms with Gasteiger partial charge in [-0.15, -0.1) is 0 Å². The zero-order chi connectivity index (χ0) is 21.2. The molecule has 156 valence electrons. The average Bonchev–Trinajstić information content (AvgIpc) is 3.20. The molecule has 1 saturated carbocycles. The summed E-state index contributed by atoms with van der Waals surface area (Å²) in [4.78, 5) is 33.3. The fourth-order valence-electron chi connectivity index (χ4n) is 3.80. The highest BCUT2D eigenvalue weighted by Crippen LogP contribution is 2.26. The number of hydrogen-bond acceptors (Lipinski definition) is 8. The summed E-state index contributed by atoms with van der Waals surface area (Å²) >= 11 is 0. The number of nitrogens with one attached hydrogen (secondary N) is 2. The van der Waals surface area contributed by atoms with Crippen molar-refractivity contribution in [2.75, 3.05) is 10.6 Å². The number of fused-ring (bicyclic) bond motifs is 1. The fraction of sp³-hybridized carbons (Fsp3) is 0.273. The highest BCUT2D eigenvalue weighted by molar-refractivity contribution is 5.79. The standard InChI is InChI=1S/C22H22N8O/c1-14-8-26-22(28-15-2-5-18(31)6-3-15)29-21(14)19-11-25-20-7-4-16(12-30(19)20)27-17-9-23-13-24-10-17/h4,7-13,15,27H,2-3,5-6H2,1H3,(H,26,28,29). The molecule has 0 unspecified atom stereocenters. The molecule has 31 heavy (non-hydrogen) atoms. The quantitative estimate of drug-likeness (QED) is 0.510. The van der Waals surface area contributed by atoms with Crippen molar-refractivity contribution >= 4 is 28.8 Å². The SMILES string of the molecule is Cc1cnc(NC2CCC(=O)CC2)nc1-c1cnc2ccc(Nc3cncnc3)cn12. The first-order valence-electron chi connectivity index (χ1n) is 10.3. The molecule has 0 spiro atoms. The zero-order valence-electron chi connectivity index (χ0n) is 17.1. The fourth-order valence-corrected chi connectivity index (χ4v) is 3.80. The molecule has 0 saturated heterocycles. The van der Waals surface area contributed by atoms with E-state index >= 15 is 0 Å². The van der Waals surface area contributed by atoms with Crippen LogP contribution in [0.2, 0.25) is 0 Å². The van der Waals surface area contributed by atoms with Crippen LogP contribution in [-0.4, -0.2) is 41.1 Å². The lowest BCUT2D eigenvalue weighted by atomic mass is 9.94. The first-order valence-corrected chi connectivity index (χ1v) is 10.3. The van der Waals surface area contributed by atoms with Gasteiger partial charge in [0, 0.05) is 31.3 Å². The summed E-state index contributed by atoms with van der Waals surface area (Å²) < 4.78 is 2.00. The summed E-state index contributed by atoms with van der Waals surface area (Å²) in [5, 5.41) is 6.69. The van der Waals surface area contributed by atoms with Gasteiger partial charge < -0.3 is 10.6 Å². The van der Waals surface area contributed by atoms with E-state index in [4.69, 9.17) is 4.98 Å². The van der Waals surface area contributed by atoms with Crippen molar-refractivity contribution in [2.24, 2.45) is 0 Å². The molecule has 4 heterocycles. The van der Waals surface area contributed by atoms with E-state index < -0.39 is 0 Å². The van der Waals surface area contributed by atoms with Gasteiger partial charge in [0.05, 0.1) is 41.4 Å². The second kappa shape index (κ2) is 8.10. The Hall–Kier alpha value is -3.88. The predicted octanol–water partition coefficient (Wildman–Crippen LogP) is 3.56. The van der Waals surface area contributed by atoms with Gasteiger partial charge in [0.15, 0.2) is 0 Å². The van der Waals surface area contributed by atoms with E-state index in [0.29, 0.717) is 24.6 Å². The number of carbonyl (C=O) groups is 1. The number of rotatable bonds is 5. The predicted molar refractivity (Wildman–Crippen MR) is 117 cm³/mol. The van der Waals surface area contributed by atoms with Crippen molar-refractivity contribution in [3.8, 4) is 11.4 Å². The number of imidazole rings is 1. The molecule has 0 aliphatic heterocycles. The lowest BCUT2D eigenvalue weighted by Crippen LogP contribution is -2.27. The van der Waals surface area contributed by atoms with Crippen LogP contribution < -0.4 is 10.6 Å². The van der Waals surface area contributed by atoms with Crippen LogP contribution in [0.1, 0.15) is 31.2 Å². The summed E-state index contributed by atoms with van der Waals surface area (Å²) in [6.07, 6.45) is 13.4. The lowest BCUT2D eigenvalue weighted by molar-refractivity contribution is -0.120. The molecule has 4 aromatic heterocycles. The molecule has 0 amide bonds. The molecule has 4 aromatic rings. The van der Waals surface area contributed by atoms with E-state index in [1.54, 1.807) is 12.4 Å². The molecular weight excluding hydrogens is 392 g/mol.